The minimum Gasteiger partial charge on any atom is -0.456 e. The first-order valence-corrected chi connectivity index (χ1v) is 21.1. The molecule has 0 amide bonds. The van der Waals surface area contributed by atoms with E-state index in [-0.39, 0.29) is 0 Å². The predicted octanol–water partition coefficient (Wildman–Crippen LogP) is 15.1. The van der Waals surface area contributed by atoms with Gasteiger partial charge in [0.05, 0.1) is 11.0 Å². The van der Waals surface area contributed by atoms with Crippen LogP contribution in [-0.4, -0.2) is 19.5 Å². The van der Waals surface area contributed by atoms with Crippen molar-refractivity contribution in [2.24, 2.45) is 0 Å². The van der Waals surface area contributed by atoms with Crippen molar-refractivity contribution < 1.29 is 8.83 Å². The van der Waals surface area contributed by atoms with E-state index in [9.17, 15) is 0 Å². The van der Waals surface area contributed by atoms with Crippen LogP contribution in [0.4, 0.5) is 0 Å². The molecule has 63 heavy (non-hydrogen) atoms. The van der Waals surface area contributed by atoms with Crippen LogP contribution in [0.15, 0.2) is 215 Å². The molecule has 0 aliphatic rings. The van der Waals surface area contributed by atoms with Crippen molar-refractivity contribution in [3.63, 3.8) is 0 Å². The summed E-state index contributed by atoms with van der Waals surface area (Å²) in [6, 6.07) is 71.6. The molecule has 9 aromatic carbocycles. The molecule has 0 unspecified atom stereocenters. The molecule has 4 aromatic heterocycles. The van der Waals surface area contributed by atoms with E-state index >= 15 is 0 Å². The van der Waals surface area contributed by atoms with Gasteiger partial charge in [0.25, 0.3) is 0 Å². The molecule has 0 aliphatic heterocycles. The maximum absolute atomic E-state index is 6.58. The predicted molar refractivity (Wildman–Crippen MR) is 256 cm³/mol. The van der Waals surface area contributed by atoms with Gasteiger partial charge in [-0.2, -0.15) is 9.97 Å². The SMILES string of the molecule is c1ccc(-c2cccc(-c3cccc4c5ccccc5n(-c5nc(-c6ccccc6)nc(-c6ccc7c(c6)oc6ccc(-c8cccc9c8oc8ccccc89)cc67)n5)c34)c2)cc1. The van der Waals surface area contributed by atoms with Crippen LogP contribution < -0.4 is 0 Å². The minimum absolute atomic E-state index is 0.533. The molecule has 13 rings (SSSR count). The monoisotopic (exact) mass is 806 g/mol. The molecule has 0 saturated carbocycles. The van der Waals surface area contributed by atoms with Gasteiger partial charge in [-0.05, 0) is 64.7 Å². The Morgan fingerprint density at radius 1 is 0.317 bits per heavy atom. The number of benzene rings is 9. The number of nitrogens with zero attached hydrogens (tertiary/aromatic N) is 4. The van der Waals surface area contributed by atoms with Crippen LogP contribution in [0.1, 0.15) is 0 Å². The maximum Gasteiger partial charge on any atom is 0.238 e. The van der Waals surface area contributed by atoms with Gasteiger partial charge >= 0.3 is 0 Å². The Morgan fingerprint density at radius 3 is 1.78 bits per heavy atom. The number of para-hydroxylation sites is 4. The van der Waals surface area contributed by atoms with Crippen LogP contribution in [0.3, 0.4) is 0 Å². The second-order valence-electron chi connectivity index (χ2n) is 16.0. The lowest BCUT2D eigenvalue weighted by molar-refractivity contribution is 0.668. The largest absolute Gasteiger partial charge is 0.456 e. The smallest absolute Gasteiger partial charge is 0.238 e. The number of fused-ring (bicyclic) bond motifs is 9. The first kappa shape index (κ1) is 35.2. The van der Waals surface area contributed by atoms with Crippen molar-refractivity contribution in [1.29, 1.82) is 0 Å². The van der Waals surface area contributed by atoms with Crippen molar-refractivity contribution in [1.82, 2.24) is 19.5 Å². The van der Waals surface area contributed by atoms with Gasteiger partial charge in [0.15, 0.2) is 11.6 Å². The van der Waals surface area contributed by atoms with E-state index < -0.39 is 0 Å². The highest BCUT2D eigenvalue weighted by Gasteiger charge is 2.22. The molecule has 13 aromatic rings. The van der Waals surface area contributed by atoms with Crippen LogP contribution in [0.5, 0.6) is 0 Å². The summed E-state index contributed by atoms with van der Waals surface area (Å²) in [6.45, 7) is 0. The highest BCUT2D eigenvalue weighted by atomic mass is 16.3. The number of furan rings is 2. The Labute approximate surface area is 361 Å². The van der Waals surface area contributed by atoms with E-state index in [1.807, 2.05) is 42.5 Å². The van der Waals surface area contributed by atoms with Crippen molar-refractivity contribution in [3.8, 4) is 62.1 Å². The van der Waals surface area contributed by atoms with Gasteiger partial charge in [0.2, 0.25) is 5.95 Å². The molecule has 0 fully saturated rings. The van der Waals surface area contributed by atoms with Crippen molar-refractivity contribution in [2.75, 3.05) is 0 Å². The molecule has 294 valence electrons. The molecule has 0 atom stereocenters. The molecule has 0 spiro atoms. The molecule has 6 heteroatoms. The summed E-state index contributed by atoms with van der Waals surface area (Å²) in [4.78, 5) is 15.7. The van der Waals surface area contributed by atoms with Gasteiger partial charge in [-0.1, -0.05) is 164 Å². The summed E-state index contributed by atoms with van der Waals surface area (Å²) in [5.41, 5.74) is 13.7. The molecule has 0 N–H and O–H groups in total. The molecular formula is C57H34N4O2. The maximum atomic E-state index is 6.58. The molecule has 0 aliphatic carbocycles. The Bertz CT molecular complexity index is 3920. The van der Waals surface area contributed by atoms with E-state index in [0.29, 0.717) is 17.6 Å². The summed E-state index contributed by atoms with van der Waals surface area (Å²) in [6.07, 6.45) is 0. The topological polar surface area (TPSA) is 69.9 Å². The zero-order chi connectivity index (χ0) is 41.4. The van der Waals surface area contributed by atoms with E-state index in [4.69, 9.17) is 23.8 Å². The van der Waals surface area contributed by atoms with Gasteiger partial charge in [0, 0.05) is 54.6 Å². The second-order valence-corrected chi connectivity index (χ2v) is 16.0. The average Bonchev–Trinajstić information content (AvgIpc) is 4.04. The fraction of sp³-hybridized carbons (Fsp3) is 0. The Balaban J connectivity index is 0.988. The summed E-state index contributed by atoms with van der Waals surface area (Å²) >= 11 is 0. The molecule has 4 heterocycles. The fourth-order valence-corrected chi connectivity index (χ4v) is 9.32. The number of hydrogen-bond acceptors (Lipinski definition) is 5. The van der Waals surface area contributed by atoms with Crippen molar-refractivity contribution >= 4 is 65.7 Å². The third-order valence-corrected chi connectivity index (χ3v) is 12.3. The fourth-order valence-electron chi connectivity index (χ4n) is 9.32. The van der Waals surface area contributed by atoms with Crippen molar-refractivity contribution in [3.05, 3.63) is 206 Å². The quantitative estimate of drug-likeness (QED) is 0.167. The molecule has 0 saturated heterocycles. The van der Waals surface area contributed by atoms with E-state index in [0.717, 1.165) is 105 Å². The first-order valence-electron chi connectivity index (χ1n) is 21.1. The van der Waals surface area contributed by atoms with Gasteiger partial charge < -0.3 is 8.83 Å². The average molecular weight is 807 g/mol. The molecule has 6 nitrogen and oxygen atoms in total. The lowest BCUT2D eigenvalue weighted by Gasteiger charge is -2.13. The summed E-state index contributed by atoms with van der Waals surface area (Å²) < 4.78 is 15.2. The molecular weight excluding hydrogens is 773 g/mol. The Kier molecular flexibility index (Phi) is 7.80. The zero-order valence-corrected chi connectivity index (χ0v) is 33.7. The summed E-state index contributed by atoms with van der Waals surface area (Å²) in [5.74, 6) is 1.66. The third-order valence-electron chi connectivity index (χ3n) is 12.3. The Hall–Kier alpha value is -8.61. The minimum atomic E-state index is 0.533. The summed E-state index contributed by atoms with van der Waals surface area (Å²) in [7, 11) is 0. The van der Waals surface area contributed by atoms with Gasteiger partial charge in [-0.25, -0.2) is 4.98 Å². The van der Waals surface area contributed by atoms with Gasteiger partial charge in [-0.15, -0.1) is 0 Å². The van der Waals surface area contributed by atoms with Crippen LogP contribution in [-0.2, 0) is 0 Å². The zero-order valence-electron chi connectivity index (χ0n) is 33.7. The summed E-state index contributed by atoms with van der Waals surface area (Å²) in [5, 5.41) is 6.49. The highest BCUT2D eigenvalue weighted by Crippen LogP contribution is 2.41. The van der Waals surface area contributed by atoms with E-state index in [1.54, 1.807) is 0 Å². The van der Waals surface area contributed by atoms with Crippen LogP contribution in [0.25, 0.3) is 128 Å². The number of hydrogen-bond donors (Lipinski definition) is 0. The first-order chi connectivity index (χ1) is 31.2. The third kappa shape index (κ3) is 5.69. The molecule has 0 bridgehead atoms. The lowest BCUT2D eigenvalue weighted by Crippen LogP contribution is -2.07. The highest BCUT2D eigenvalue weighted by molar-refractivity contribution is 6.14. The van der Waals surface area contributed by atoms with Gasteiger partial charge in [-0.3, -0.25) is 4.57 Å². The van der Waals surface area contributed by atoms with Crippen LogP contribution in [0, 0.1) is 0 Å². The van der Waals surface area contributed by atoms with Crippen LogP contribution >= 0.6 is 0 Å². The number of aromatic nitrogens is 4. The number of rotatable bonds is 6. The normalized spacial score (nSPS) is 11.8. The van der Waals surface area contributed by atoms with E-state index in [2.05, 4.69) is 168 Å². The van der Waals surface area contributed by atoms with Gasteiger partial charge in [0.1, 0.15) is 22.3 Å². The second kappa shape index (κ2) is 14.0. The van der Waals surface area contributed by atoms with E-state index in [1.165, 1.54) is 5.56 Å². The van der Waals surface area contributed by atoms with Crippen molar-refractivity contribution in [2.45, 2.75) is 0 Å². The molecule has 0 radical (unpaired) electrons. The standard InChI is InChI=1S/C57H34N4O2/c1-3-14-35(15-4-1)37-18-11-19-38(32-37)41-22-12-24-46-43-20-7-9-26-49(43)61(53(41)46)57-59-55(36-16-5-2-6-17-36)58-56(60-57)40-28-30-45-48-33-39(29-31-51(48)62-52(45)34-40)42-23-13-25-47-44-21-8-10-27-50(44)63-54(42)47/h1-34H. The Morgan fingerprint density at radius 2 is 0.921 bits per heavy atom. The van der Waals surface area contributed by atoms with Crippen LogP contribution in [0.2, 0.25) is 0 Å². The lowest BCUT2D eigenvalue weighted by atomic mass is 9.97.